The maximum absolute atomic E-state index is 11.7. The van der Waals surface area contributed by atoms with E-state index in [1.54, 1.807) is 0 Å². The molecule has 0 aromatic heterocycles. The van der Waals surface area contributed by atoms with Crippen LogP contribution in [0.25, 0.3) is 0 Å². The van der Waals surface area contributed by atoms with Crippen molar-refractivity contribution in [2.24, 2.45) is 0 Å². The van der Waals surface area contributed by atoms with Crippen molar-refractivity contribution in [3.8, 4) is 0 Å². The molecule has 2 aliphatic heterocycles. The molecule has 0 amide bonds. The molecule has 0 aliphatic carbocycles. The van der Waals surface area contributed by atoms with Crippen LogP contribution in [-0.4, -0.2) is 56.9 Å². The summed E-state index contributed by atoms with van der Waals surface area (Å²) in [7, 11) is -3.54. The fourth-order valence-electron chi connectivity index (χ4n) is 2.29. The topological polar surface area (TPSA) is 82.1 Å². The van der Waals surface area contributed by atoms with Crippen molar-refractivity contribution in [1.29, 1.82) is 0 Å². The molecule has 0 aromatic rings. The van der Waals surface area contributed by atoms with Crippen LogP contribution >= 0.6 is 0 Å². The van der Waals surface area contributed by atoms with Crippen LogP contribution in [-0.2, 0) is 23.8 Å². The Morgan fingerprint density at radius 1 is 1.22 bits per heavy atom. The lowest BCUT2D eigenvalue weighted by Crippen LogP contribution is -2.34. The second-order valence-electron chi connectivity index (χ2n) is 4.77. The highest BCUT2D eigenvalue weighted by molar-refractivity contribution is 7.86. The summed E-state index contributed by atoms with van der Waals surface area (Å²) in [5.74, 6) is 0.0251. The highest BCUT2D eigenvalue weighted by atomic mass is 32.2. The molecule has 2 aliphatic rings. The van der Waals surface area contributed by atoms with Gasteiger partial charge < -0.3 is 14.6 Å². The summed E-state index contributed by atoms with van der Waals surface area (Å²) < 4.78 is 39.2. The van der Waals surface area contributed by atoms with Crippen LogP contribution in [0.2, 0.25) is 0 Å². The Balaban J connectivity index is 1.86. The summed E-state index contributed by atoms with van der Waals surface area (Å²) in [6.45, 7) is 2.33. The number of aliphatic hydroxyl groups is 1. The predicted octanol–water partition coefficient (Wildman–Crippen LogP) is 0.0501. The van der Waals surface area contributed by atoms with Crippen molar-refractivity contribution < 1.29 is 27.2 Å². The van der Waals surface area contributed by atoms with Crippen molar-refractivity contribution in [3.05, 3.63) is 0 Å². The number of fused-ring (bicyclic) bond motifs is 1. The van der Waals surface area contributed by atoms with E-state index in [4.69, 9.17) is 13.7 Å². The first-order valence-electron chi connectivity index (χ1n) is 6.35. The van der Waals surface area contributed by atoms with Crippen LogP contribution in [0.5, 0.6) is 0 Å². The third-order valence-corrected chi connectivity index (χ3v) is 4.58. The second kappa shape index (κ2) is 5.83. The number of ether oxygens (including phenoxy) is 2. The Bertz CT molecular complexity index is 368. The number of unbranched alkanes of at least 4 members (excludes halogenated alkanes) is 2. The van der Waals surface area contributed by atoms with Crippen LogP contribution in [0, 0.1) is 0 Å². The zero-order valence-corrected chi connectivity index (χ0v) is 11.3. The smallest absolute Gasteiger partial charge is 0.267 e. The molecule has 4 atom stereocenters. The first kappa shape index (κ1) is 14.2. The van der Waals surface area contributed by atoms with Gasteiger partial charge in [0.25, 0.3) is 10.1 Å². The van der Waals surface area contributed by atoms with E-state index in [2.05, 4.69) is 0 Å². The normalized spacial score (nSPS) is 35.9. The molecule has 2 heterocycles. The average Bonchev–Trinajstić information content (AvgIpc) is 2.84. The molecule has 0 spiro atoms. The molecule has 2 saturated heterocycles. The minimum atomic E-state index is -3.54. The molecular weight excluding hydrogens is 260 g/mol. The summed E-state index contributed by atoms with van der Waals surface area (Å²) in [5.41, 5.74) is 0. The molecule has 0 unspecified atom stereocenters. The highest BCUT2D eigenvalue weighted by Gasteiger charge is 2.49. The zero-order chi connectivity index (χ0) is 13.2. The van der Waals surface area contributed by atoms with E-state index in [1.165, 1.54) is 0 Å². The average molecular weight is 280 g/mol. The highest BCUT2D eigenvalue weighted by Crippen LogP contribution is 2.29. The van der Waals surface area contributed by atoms with Gasteiger partial charge in [0.1, 0.15) is 24.4 Å². The van der Waals surface area contributed by atoms with Gasteiger partial charge in [0.2, 0.25) is 0 Å². The molecule has 0 radical (unpaired) electrons. The van der Waals surface area contributed by atoms with Crippen molar-refractivity contribution in [2.75, 3.05) is 19.0 Å². The van der Waals surface area contributed by atoms with E-state index in [1.807, 2.05) is 6.92 Å². The molecule has 0 aromatic carbocycles. The first-order valence-corrected chi connectivity index (χ1v) is 7.93. The Morgan fingerprint density at radius 2 is 1.94 bits per heavy atom. The molecule has 0 saturated carbocycles. The van der Waals surface area contributed by atoms with E-state index in [0.717, 1.165) is 12.8 Å². The Morgan fingerprint density at radius 3 is 2.67 bits per heavy atom. The fourth-order valence-corrected chi connectivity index (χ4v) is 3.49. The van der Waals surface area contributed by atoms with Crippen LogP contribution in [0.1, 0.15) is 26.2 Å². The Kier molecular flexibility index (Phi) is 4.60. The molecule has 7 heteroatoms. The quantitative estimate of drug-likeness (QED) is 0.547. The number of aliphatic hydroxyl groups excluding tert-OH is 1. The molecule has 6 nitrogen and oxygen atoms in total. The first-order chi connectivity index (χ1) is 8.53. The van der Waals surface area contributed by atoms with Gasteiger partial charge in [0.15, 0.2) is 0 Å². The third kappa shape index (κ3) is 3.21. The largest absolute Gasteiger partial charge is 0.388 e. The molecule has 18 heavy (non-hydrogen) atoms. The van der Waals surface area contributed by atoms with Gasteiger partial charge in [-0.3, -0.25) is 4.18 Å². The van der Waals surface area contributed by atoms with Crippen LogP contribution < -0.4 is 0 Å². The van der Waals surface area contributed by atoms with Crippen molar-refractivity contribution in [2.45, 2.75) is 50.6 Å². The molecule has 2 rings (SSSR count). The minimum Gasteiger partial charge on any atom is -0.388 e. The lowest BCUT2D eigenvalue weighted by Gasteiger charge is -2.16. The van der Waals surface area contributed by atoms with E-state index in [0.29, 0.717) is 6.42 Å². The van der Waals surface area contributed by atoms with Crippen LogP contribution in [0.4, 0.5) is 0 Å². The van der Waals surface area contributed by atoms with E-state index in [9.17, 15) is 13.5 Å². The molecule has 0 bridgehead atoms. The predicted molar refractivity (Wildman–Crippen MR) is 63.7 cm³/mol. The second-order valence-corrected chi connectivity index (χ2v) is 6.48. The summed E-state index contributed by atoms with van der Waals surface area (Å²) in [6.07, 6.45) is 0.184. The third-order valence-electron chi connectivity index (χ3n) is 3.25. The van der Waals surface area contributed by atoms with Gasteiger partial charge in [-0.1, -0.05) is 19.8 Å². The van der Waals surface area contributed by atoms with Gasteiger partial charge in [0, 0.05) is 0 Å². The zero-order valence-electron chi connectivity index (χ0n) is 10.4. The summed E-state index contributed by atoms with van der Waals surface area (Å²) in [5, 5.41) is 9.53. The summed E-state index contributed by atoms with van der Waals surface area (Å²) in [6, 6.07) is 0. The van der Waals surface area contributed by atoms with Gasteiger partial charge in [-0.2, -0.15) is 8.42 Å². The van der Waals surface area contributed by atoms with E-state index < -0.39 is 34.5 Å². The van der Waals surface area contributed by atoms with Gasteiger partial charge in [-0.25, -0.2) is 0 Å². The van der Waals surface area contributed by atoms with Crippen molar-refractivity contribution >= 4 is 10.1 Å². The van der Waals surface area contributed by atoms with Crippen molar-refractivity contribution in [3.63, 3.8) is 0 Å². The van der Waals surface area contributed by atoms with Gasteiger partial charge in [-0.05, 0) is 6.42 Å². The maximum atomic E-state index is 11.7. The van der Waals surface area contributed by atoms with Gasteiger partial charge >= 0.3 is 0 Å². The summed E-state index contributed by atoms with van der Waals surface area (Å²) in [4.78, 5) is 0. The number of rotatable bonds is 6. The van der Waals surface area contributed by atoms with Crippen LogP contribution in [0.3, 0.4) is 0 Å². The molecule has 106 valence electrons. The molecule has 2 fully saturated rings. The fraction of sp³-hybridized carbons (Fsp3) is 1.00. The monoisotopic (exact) mass is 280 g/mol. The number of hydrogen-bond acceptors (Lipinski definition) is 6. The van der Waals surface area contributed by atoms with Gasteiger partial charge in [0.05, 0.1) is 19.0 Å². The SMILES string of the molecule is CCCCCS(=O)(=O)O[C@@H]1CO[C@H]2[C@@H]1OC[C@@H]2O. The Hall–Kier alpha value is -0.210. The standard InChI is InChI=1S/C11H20O6S/c1-2-3-4-5-18(13,14)17-9-7-16-10-8(12)6-15-11(9)10/h8-12H,2-7H2,1H3/t8-,9+,10+,11+/m0/s1. The lowest BCUT2D eigenvalue weighted by molar-refractivity contribution is 0.00979. The lowest BCUT2D eigenvalue weighted by atomic mass is 10.1. The van der Waals surface area contributed by atoms with Crippen LogP contribution in [0.15, 0.2) is 0 Å². The Labute approximate surface area is 107 Å². The maximum Gasteiger partial charge on any atom is 0.267 e. The minimum absolute atomic E-state index is 0.0251. The summed E-state index contributed by atoms with van der Waals surface area (Å²) >= 11 is 0. The van der Waals surface area contributed by atoms with E-state index in [-0.39, 0.29) is 19.0 Å². The molecule has 1 N–H and O–H groups in total. The molecular formula is C11H20O6S. The van der Waals surface area contributed by atoms with E-state index >= 15 is 0 Å². The van der Waals surface area contributed by atoms with Gasteiger partial charge in [-0.15, -0.1) is 0 Å². The number of hydrogen-bond donors (Lipinski definition) is 1. The van der Waals surface area contributed by atoms with Crippen molar-refractivity contribution in [1.82, 2.24) is 0 Å².